The molecule has 1 fully saturated rings. The van der Waals surface area contributed by atoms with E-state index in [1.807, 2.05) is 24.3 Å². The molecule has 0 unspecified atom stereocenters. The van der Waals surface area contributed by atoms with Crippen LogP contribution in [-0.2, 0) is 4.79 Å². The largest absolute Gasteiger partial charge is 0.348 e. The zero-order chi connectivity index (χ0) is 20.4. The highest BCUT2D eigenvalue weighted by atomic mass is 35.5. The zero-order valence-corrected chi connectivity index (χ0v) is 16.3. The molecule has 0 radical (unpaired) electrons. The second kappa shape index (κ2) is 8.21. The van der Waals surface area contributed by atoms with Crippen LogP contribution in [0.15, 0.2) is 42.5 Å². The number of benzene rings is 2. The lowest BCUT2D eigenvalue weighted by Gasteiger charge is -2.28. The monoisotopic (exact) mass is 414 g/mol. The molecule has 0 atom stereocenters. The molecule has 6 nitrogen and oxygen atoms in total. The van der Waals surface area contributed by atoms with Gasteiger partial charge in [0.2, 0.25) is 5.91 Å². The number of aromatic nitrogens is 2. The van der Waals surface area contributed by atoms with E-state index in [9.17, 15) is 14.0 Å². The van der Waals surface area contributed by atoms with Gasteiger partial charge in [-0.25, -0.2) is 4.39 Å². The summed E-state index contributed by atoms with van der Waals surface area (Å²) in [5.41, 5.74) is 1.60. The topological polar surface area (TPSA) is 86.9 Å². The Hall–Kier alpha value is -2.93. The summed E-state index contributed by atoms with van der Waals surface area (Å²) >= 11 is 5.97. The third kappa shape index (κ3) is 4.24. The van der Waals surface area contributed by atoms with Gasteiger partial charge >= 0.3 is 0 Å². The molecule has 3 aromatic rings. The number of hydrogen-bond acceptors (Lipinski definition) is 3. The SMILES string of the molecule is O=C(NC1CCC(C(=O)Nc2ccc(F)cc2Cl)CC1)c1n[nH]c2ccccc12. The molecule has 29 heavy (non-hydrogen) atoms. The lowest BCUT2D eigenvalue weighted by molar-refractivity contribution is -0.120. The highest BCUT2D eigenvalue weighted by Crippen LogP contribution is 2.28. The normalized spacial score (nSPS) is 19.1. The maximum atomic E-state index is 13.1. The number of nitrogens with one attached hydrogen (secondary N) is 3. The number of amides is 2. The van der Waals surface area contributed by atoms with Gasteiger partial charge in [0, 0.05) is 17.3 Å². The van der Waals surface area contributed by atoms with Gasteiger partial charge in [0.1, 0.15) is 5.82 Å². The zero-order valence-electron chi connectivity index (χ0n) is 15.5. The van der Waals surface area contributed by atoms with E-state index in [0.717, 1.165) is 10.9 Å². The Balaban J connectivity index is 1.32. The van der Waals surface area contributed by atoms with E-state index in [-0.39, 0.29) is 28.8 Å². The standard InChI is InChI=1S/C21H20ClFN4O2/c22-16-11-13(23)7-10-18(16)25-20(28)12-5-8-14(9-6-12)24-21(29)19-15-3-1-2-4-17(15)26-27-19/h1-4,7,10-12,14H,5-6,8-9H2,(H,24,29)(H,25,28)(H,26,27). The Morgan fingerprint density at radius 2 is 1.86 bits per heavy atom. The minimum absolute atomic E-state index is 0.00331. The highest BCUT2D eigenvalue weighted by molar-refractivity contribution is 6.33. The van der Waals surface area contributed by atoms with Crippen molar-refractivity contribution < 1.29 is 14.0 Å². The molecule has 0 saturated heterocycles. The Morgan fingerprint density at radius 3 is 2.62 bits per heavy atom. The maximum absolute atomic E-state index is 13.1. The summed E-state index contributed by atoms with van der Waals surface area (Å²) < 4.78 is 13.1. The Kier molecular flexibility index (Phi) is 5.49. The number of hydrogen-bond donors (Lipinski definition) is 3. The molecule has 0 spiro atoms. The van der Waals surface area contributed by atoms with Crippen LogP contribution in [0.2, 0.25) is 5.02 Å². The predicted octanol–water partition coefficient (Wildman–Crippen LogP) is 4.28. The van der Waals surface area contributed by atoms with Crippen LogP contribution >= 0.6 is 11.6 Å². The van der Waals surface area contributed by atoms with Crippen LogP contribution in [0.5, 0.6) is 0 Å². The minimum atomic E-state index is -0.450. The van der Waals surface area contributed by atoms with Crippen LogP contribution in [-0.4, -0.2) is 28.1 Å². The van der Waals surface area contributed by atoms with Gasteiger partial charge in [-0.05, 0) is 49.9 Å². The second-order valence-corrected chi connectivity index (χ2v) is 7.66. The highest BCUT2D eigenvalue weighted by Gasteiger charge is 2.28. The molecule has 1 saturated carbocycles. The molecule has 1 aliphatic carbocycles. The van der Waals surface area contributed by atoms with Crippen LogP contribution in [0.4, 0.5) is 10.1 Å². The fourth-order valence-corrected chi connectivity index (χ4v) is 3.93. The second-order valence-electron chi connectivity index (χ2n) is 7.25. The van der Waals surface area contributed by atoms with Crippen molar-refractivity contribution >= 4 is 40.0 Å². The molecule has 150 valence electrons. The van der Waals surface area contributed by atoms with E-state index in [2.05, 4.69) is 20.8 Å². The molecule has 1 heterocycles. The van der Waals surface area contributed by atoms with Gasteiger partial charge in [-0.1, -0.05) is 29.8 Å². The van der Waals surface area contributed by atoms with E-state index in [4.69, 9.17) is 11.6 Å². The molecule has 8 heteroatoms. The summed E-state index contributed by atoms with van der Waals surface area (Å²) in [4.78, 5) is 25.1. The number of fused-ring (bicyclic) bond motifs is 1. The van der Waals surface area contributed by atoms with Gasteiger partial charge in [0.05, 0.1) is 16.2 Å². The van der Waals surface area contributed by atoms with E-state index in [1.54, 1.807) is 0 Å². The van der Waals surface area contributed by atoms with Crippen molar-refractivity contribution in [2.24, 2.45) is 5.92 Å². The van der Waals surface area contributed by atoms with Crippen LogP contribution in [0.1, 0.15) is 36.2 Å². The van der Waals surface area contributed by atoms with Crippen molar-refractivity contribution in [2.45, 2.75) is 31.7 Å². The van der Waals surface area contributed by atoms with E-state index >= 15 is 0 Å². The fourth-order valence-electron chi connectivity index (χ4n) is 3.72. The first kappa shape index (κ1) is 19.4. The van der Waals surface area contributed by atoms with E-state index in [0.29, 0.717) is 37.1 Å². The molecule has 0 bridgehead atoms. The maximum Gasteiger partial charge on any atom is 0.272 e. The smallest absolute Gasteiger partial charge is 0.272 e. The summed E-state index contributed by atoms with van der Waals surface area (Å²) in [5, 5.41) is 13.7. The van der Waals surface area contributed by atoms with Crippen molar-refractivity contribution in [3.05, 3.63) is 59.0 Å². The number of carbonyl (C=O) groups excluding carboxylic acids is 2. The quantitative estimate of drug-likeness (QED) is 0.595. The molecule has 1 aliphatic rings. The number of halogens is 2. The molecular formula is C21H20ClFN4O2. The first-order valence-electron chi connectivity index (χ1n) is 9.51. The molecule has 2 amide bonds. The van der Waals surface area contributed by atoms with Crippen molar-refractivity contribution in [3.63, 3.8) is 0 Å². The van der Waals surface area contributed by atoms with Crippen LogP contribution in [0.3, 0.4) is 0 Å². The first-order chi connectivity index (χ1) is 14.0. The number of anilines is 1. The number of rotatable bonds is 4. The summed E-state index contributed by atoms with van der Waals surface area (Å²) in [7, 11) is 0. The Labute approximate surface area is 171 Å². The fraction of sp³-hybridized carbons (Fsp3) is 0.286. The Morgan fingerprint density at radius 1 is 1.10 bits per heavy atom. The summed E-state index contributed by atoms with van der Waals surface area (Å²) in [6.45, 7) is 0. The van der Waals surface area contributed by atoms with Crippen molar-refractivity contribution in [2.75, 3.05) is 5.32 Å². The number of H-pyrrole nitrogens is 1. The third-order valence-electron chi connectivity index (χ3n) is 5.31. The van der Waals surface area contributed by atoms with Gasteiger partial charge < -0.3 is 10.6 Å². The van der Waals surface area contributed by atoms with Crippen molar-refractivity contribution in [1.29, 1.82) is 0 Å². The van der Waals surface area contributed by atoms with Gasteiger partial charge in [0.25, 0.3) is 5.91 Å². The number of carbonyl (C=O) groups is 2. The van der Waals surface area contributed by atoms with E-state index in [1.165, 1.54) is 18.2 Å². The molecular weight excluding hydrogens is 395 g/mol. The summed E-state index contributed by atoms with van der Waals surface area (Å²) in [5.74, 6) is -0.973. The number of para-hydroxylation sites is 1. The average Bonchev–Trinajstić information content (AvgIpc) is 3.15. The number of aromatic amines is 1. The van der Waals surface area contributed by atoms with Crippen molar-refractivity contribution in [1.82, 2.24) is 15.5 Å². The average molecular weight is 415 g/mol. The molecule has 2 aromatic carbocycles. The van der Waals surface area contributed by atoms with Gasteiger partial charge in [-0.2, -0.15) is 5.10 Å². The summed E-state index contributed by atoms with van der Waals surface area (Å²) in [6.07, 6.45) is 2.69. The minimum Gasteiger partial charge on any atom is -0.348 e. The Bertz CT molecular complexity index is 1060. The summed E-state index contributed by atoms with van der Waals surface area (Å²) in [6, 6.07) is 11.4. The van der Waals surface area contributed by atoms with E-state index < -0.39 is 5.82 Å². The molecule has 3 N–H and O–H groups in total. The molecule has 4 rings (SSSR count). The molecule has 1 aromatic heterocycles. The van der Waals surface area contributed by atoms with Crippen LogP contribution < -0.4 is 10.6 Å². The third-order valence-corrected chi connectivity index (χ3v) is 5.62. The van der Waals surface area contributed by atoms with Crippen LogP contribution in [0, 0.1) is 11.7 Å². The van der Waals surface area contributed by atoms with Crippen LogP contribution in [0.25, 0.3) is 10.9 Å². The molecule has 0 aliphatic heterocycles. The van der Waals surface area contributed by atoms with Crippen molar-refractivity contribution in [3.8, 4) is 0 Å². The first-order valence-corrected chi connectivity index (χ1v) is 9.89. The van der Waals surface area contributed by atoms with Gasteiger partial charge in [-0.3, -0.25) is 14.7 Å². The predicted molar refractivity (Wildman–Crippen MR) is 109 cm³/mol. The van der Waals surface area contributed by atoms with Gasteiger partial charge in [-0.15, -0.1) is 0 Å². The lowest BCUT2D eigenvalue weighted by atomic mass is 9.85. The van der Waals surface area contributed by atoms with Gasteiger partial charge in [0.15, 0.2) is 5.69 Å². The lowest BCUT2D eigenvalue weighted by Crippen LogP contribution is -2.39. The number of nitrogens with zero attached hydrogens (tertiary/aromatic N) is 1.